The molecule has 0 bridgehead atoms. The van der Waals surface area contributed by atoms with E-state index < -0.39 is 0 Å². The Morgan fingerprint density at radius 3 is 2.42 bits per heavy atom. The Balaban J connectivity index is 1.66. The maximum Gasteiger partial charge on any atom is 0.182 e. The van der Waals surface area contributed by atoms with Gasteiger partial charge in [-0.05, 0) is 35.9 Å². The second kappa shape index (κ2) is 6.47. The van der Waals surface area contributed by atoms with Crippen LogP contribution in [0, 0.1) is 13.8 Å². The second-order valence-electron chi connectivity index (χ2n) is 6.09. The molecule has 0 atom stereocenters. The highest BCUT2D eigenvalue weighted by Gasteiger charge is 2.13. The number of hydrogen-bond donors (Lipinski definition) is 0. The first kappa shape index (κ1) is 16.1. The minimum Gasteiger partial charge on any atom is -0.256 e. The van der Waals surface area contributed by atoms with Gasteiger partial charge in [-0.3, -0.25) is 4.98 Å². The predicted molar refractivity (Wildman–Crippen MR) is 96.1 cm³/mol. The molecular weight excluding hydrogens is 328 g/mol. The molecule has 26 heavy (non-hydrogen) atoms. The van der Waals surface area contributed by atoms with Gasteiger partial charge in [0.25, 0.3) is 0 Å². The van der Waals surface area contributed by atoms with Gasteiger partial charge in [-0.2, -0.15) is 5.10 Å². The molecule has 0 saturated heterocycles. The molecule has 0 N–H and O–H groups in total. The first-order chi connectivity index (χ1) is 12.6. The van der Waals surface area contributed by atoms with E-state index in [-0.39, 0.29) is 0 Å². The van der Waals surface area contributed by atoms with Gasteiger partial charge in [-0.25, -0.2) is 14.3 Å². The molecule has 3 aromatic heterocycles. The Morgan fingerprint density at radius 1 is 1.00 bits per heavy atom. The molecule has 0 saturated carbocycles. The fraction of sp³-hybridized carbons (Fsp3) is 0.222. The third kappa shape index (κ3) is 2.97. The lowest BCUT2D eigenvalue weighted by atomic mass is 10.0. The van der Waals surface area contributed by atoms with Crippen molar-refractivity contribution in [3.05, 3.63) is 59.8 Å². The Morgan fingerprint density at radius 2 is 1.81 bits per heavy atom. The van der Waals surface area contributed by atoms with Crippen LogP contribution in [-0.4, -0.2) is 40.0 Å². The van der Waals surface area contributed by atoms with Crippen LogP contribution in [0.1, 0.15) is 17.2 Å². The fourth-order valence-corrected chi connectivity index (χ4v) is 2.92. The van der Waals surface area contributed by atoms with Crippen LogP contribution in [0.25, 0.3) is 22.6 Å². The quantitative estimate of drug-likeness (QED) is 0.563. The van der Waals surface area contributed by atoms with Crippen molar-refractivity contribution in [2.24, 2.45) is 7.05 Å². The lowest BCUT2D eigenvalue weighted by Crippen LogP contribution is -2.04. The second-order valence-corrected chi connectivity index (χ2v) is 6.09. The van der Waals surface area contributed by atoms with Crippen LogP contribution in [0.4, 0.5) is 0 Å². The van der Waals surface area contributed by atoms with Crippen molar-refractivity contribution in [1.29, 1.82) is 0 Å². The van der Waals surface area contributed by atoms with Crippen molar-refractivity contribution in [2.75, 3.05) is 0 Å². The van der Waals surface area contributed by atoms with Gasteiger partial charge >= 0.3 is 0 Å². The average molecular weight is 346 g/mol. The number of pyridine rings is 1. The van der Waals surface area contributed by atoms with Crippen molar-refractivity contribution >= 4 is 0 Å². The van der Waals surface area contributed by atoms with Crippen LogP contribution < -0.4 is 0 Å². The summed E-state index contributed by atoms with van der Waals surface area (Å²) >= 11 is 0. The van der Waals surface area contributed by atoms with Crippen molar-refractivity contribution in [2.45, 2.75) is 20.4 Å². The zero-order chi connectivity index (χ0) is 18.1. The summed E-state index contributed by atoms with van der Waals surface area (Å²) in [7, 11) is 1.82. The van der Waals surface area contributed by atoms with Gasteiger partial charge in [0.15, 0.2) is 5.82 Å². The molecule has 3 heterocycles. The fourth-order valence-electron chi connectivity index (χ4n) is 2.92. The van der Waals surface area contributed by atoms with Crippen molar-refractivity contribution in [3.63, 3.8) is 0 Å². The Labute approximate surface area is 150 Å². The molecule has 0 unspecified atom stereocenters. The minimum atomic E-state index is 0.648. The number of benzene rings is 1. The number of tetrazole rings is 1. The molecule has 8 nitrogen and oxygen atoms in total. The van der Waals surface area contributed by atoms with Crippen molar-refractivity contribution < 1.29 is 0 Å². The van der Waals surface area contributed by atoms with E-state index in [4.69, 9.17) is 0 Å². The van der Waals surface area contributed by atoms with Gasteiger partial charge in [0.2, 0.25) is 0 Å². The highest BCUT2D eigenvalue weighted by atomic mass is 15.5. The van der Waals surface area contributed by atoms with Gasteiger partial charge < -0.3 is 0 Å². The molecular formula is C18H18N8. The summed E-state index contributed by atoms with van der Waals surface area (Å²) in [6.07, 6.45) is 1.87. The summed E-state index contributed by atoms with van der Waals surface area (Å²) in [5, 5.41) is 16.2. The Hall–Kier alpha value is -3.42. The molecule has 0 aliphatic heterocycles. The van der Waals surface area contributed by atoms with E-state index in [1.165, 1.54) is 0 Å². The van der Waals surface area contributed by atoms with Crippen LogP contribution in [0.3, 0.4) is 0 Å². The number of hydrogen-bond acceptors (Lipinski definition) is 6. The third-order valence-corrected chi connectivity index (χ3v) is 4.18. The van der Waals surface area contributed by atoms with Crippen LogP contribution in [-0.2, 0) is 13.6 Å². The largest absolute Gasteiger partial charge is 0.256 e. The molecule has 4 rings (SSSR count). The molecule has 0 fully saturated rings. The summed E-state index contributed by atoms with van der Waals surface area (Å²) in [4.78, 5) is 8.97. The minimum absolute atomic E-state index is 0.648. The van der Waals surface area contributed by atoms with Crippen LogP contribution in [0.5, 0.6) is 0 Å². The molecule has 130 valence electrons. The molecule has 0 aliphatic rings. The zero-order valence-corrected chi connectivity index (χ0v) is 14.8. The lowest BCUT2D eigenvalue weighted by molar-refractivity contribution is 0.654. The Kier molecular flexibility index (Phi) is 4.00. The molecule has 0 spiro atoms. The summed E-state index contributed by atoms with van der Waals surface area (Å²) < 4.78 is 3.54. The molecule has 4 aromatic rings. The van der Waals surface area contributed by atoms with Gasteiger partial charge in [0, 0.05) is 24.4 Å². The lowest BCUT2D eigenvalue weighted by Gasteiger charge is -2.09. The standard InChI is InChI=1S/C18H18N8/c1-12-20-13(2)26(22-12)11-14-8-9-17(19-10-14)15-6-4-5-7-16(15)18-21-23-24-25(18)3/h4-10H,11H2,1-3H3. The zero-order valence-electron chi connectivity index (χ0n) is 14.8. The topological polar surface area (TPSA) is 87.2 Å². The molecule has 0 aliphatic carbocycles. The monoisotopic (exact) mass is 346 g/mol. The van der Waals surface area contributed by atoms with Gasteiger partial charge in [0.05, 0.1) is 12.2 Å². The summed E-state index contributed by atoms with van der Waals surface area (Å²) in [6, 6.07) is 12.0. The number of nitrogens with zero attached hydrogens (tertiary/aromatic N) is 8. The maximum absolute atomic E-state index is 4.64. The van der Waals surface area contributed by atoms with Crippen LogP contribution in [0.15, 0.2) is 42.6 Å². The van der Waals surface area contributed by atoms with Gasteiger partial charge in [0.1, 0.15) is 11.6 Å². The van der Waals surface area contributed by atoms with E-state index in [1.54, 1.807) is 4.68 Å². The van der Waals surface area contributed by atoms with Crippen molar-refractivity contribution in [3.8, 4) is 22.6 Å². The SMILES string of the molecule is Cc1nc(C)n(Cc2ccc(-c3ccccc3-c3nnnn3C)nc2)n1. The molecule has 1 aromatic carbocycles. The molecule has 0 radical (unpaired) electrons. The van der Waals surface area contributed by atoms with E-state index in [0.29, 0.717) is 12.4 Å². The predicted octanol–water partition coefficient (Wildman–Crippen LogP) is 2.20. The highest BCUT2D eigenvalue weighted by Crippen LogP contribution is 2.29. The molecule has 8 heteroatoms. The number of rotatable bonds is 4. The van der Waals surface area contributed by atoms with E-state index in [1.807, 2.05) is 62.1 Å². The smallest absolute Gasteiger partial charge is 0.182 e. The first-order valence-electron chi connectivity index (χ1n) is 8.27. The number of aryl methyl sites for hydroxylation is 3. The summed E-state index contributed by atoms with van der Waals surface area (Å²) in [5.74, 6) is 2.38. The third-order valence-electron chi connectivity index (χ3n) is 4.18. The van der Waals surface area contributed by atoms with Gasteiger partial charge in [-0.15, -0.1) is 5.10 Å². The van der Waals surface area contributed by atoms with Crippen LogP contribution >= 0.6 is 0 Å². The van der Waals surface area contributed by atoms with Gasteiger partial charge in [-0.1, -0.05) is 30.3 Å². The van der Waals surface area contributed by atoms with E-state index in [9.17, 15) is 0 Å². The summed E-state index contributed by atoms with van der Waals surface area (Å²) in [6.45, 7) is 4.49. The van der Waals surface area contributed by atoms with E-state index in [2.05, 4.69) is 36.7 Å². The maximum atomic E-state index is 4.64. The summed E-state index contributed by atoms with van der Waals surface area (Å²) in [5.41, 5.74) is 3.88. The Bertz CT molecular complexity index is 1050. The van der Waals surface area contributed by atoms with Crippen LogP contribution in [0.2, 0.25) is 0 Å². The normalized spacial score (nSPS) is 11.0. The van der Waals surface area contributed by atoms with E-state index in [0.717, 1.165) is 34.0 Å². The number of aromatic nitrogens is 8. The molecule has 0 amide bonds. The van der Waals surface area contributed by atoms with Crippen molar-refractivity contribution in [1.82, 2.24) is 40.0 Å². The average Bonchev–Trinajstić information content (AvgIpc) is 3.20. The highest BCUT2D eigenvalue weighted by molar-refractivity contribution is 5.78. The van der Waals surface area contributed by atoms with E-state index >= 15 is 0 Å². The first-order valence-corrected chi connectivity index (χ1v) is 8.27.